The highest BCUT2D eigenvalue weighted by molar-refractivity contribution is 5.35. The third-order valence-electron chi connectivity index (χ3n) is 1.78. The number of aliphatic hydroxyl groups excluding tert-OH is 1. The van der Waals surface area contributed by atoms with Crippen LogP contribution in [0.5, 0.6) is 5.75 Å². The summed E-state index contributed by atoms with van der Waals surface area (Å²) in [5.41, 5.74) is 0.467. The van der Waals surface area contributed by atoms with Crippen molar-refractivity contribution in [3.8, 4) is 5.75 Å². The smallest absolute Gasteiger partial charge is 0.387 e. The van der Waals surface area contributed by atoms with E-state index in [-0.39, 0.29) is 11.3 Å². The second kappa shape index (κ2) is 4.32. The first-order valence-corrected chi connectivity index (χ1v) is 3.89. The molecule has 1 aromatic rings. The van der Waals surface area contributed by atoms with Crippen molar-refractivity contribution in [3.05, 3.63) is 29.1 Å². The molecule has 0 fully saturated rings. The summed E-state index contributed by atoms with van der Waals surface area (Å²) >= 11 is 0. The van der Waals surface area contributed by atoms with E-state index in [9.17, 15) is 13.2 Å². The minimum absolute atomic E-state index is 0.0895. The van der Waals surface area contributed by atoms with E-state index in [2.05, 4.69) is 4.74 Å². The summed E-state index contributed by atoms with van der Waals surface area (Å²) in [6.45, 7) is -1.94. The SMILES string of the molecule is Cc1cc(OC(F)F)cc(F)c1CO. The molecule has 14 heavy (non-hydrogen) atoms. The fraction of sp³-hybridized carbons (Fsp3) is 0.333. The molecular formula is C9H9F3O2. The highest BCUT2D eigenvalue weighted by Gasteiger charge is 2.10. The molecule has 0 spiro atoms. The number of aliphatic hydroxyl groups is 1. The molecule has 0 radical (unpaired) electrons. The first-order chi connectivity index (χ1) is 6.54. The van der Waals surface area contributed by atoms with Gasteiger partial charge in [-0.2, -0.15) is 8.78 Å². The van der Waals surface area contributed by atoms with E-state index >= 15 is 0 Å². The molecule has 1 N–H and O–H groups in total. The van der Waals surface area contributed by atoms with Crippen LogP contribution in [-0.2, 0) is 6.61 Å². The highest BCUT2D eigenvalue weighted by Crippen LogP contribution is 2.22. The van der Waals surface area contributed by atoms with E-state index in [0.29, 0.717) is 5.56 Å². The predicted octanol–water partition coefficient (Wildman–Crippen LogP) is 2.23. The summed E-state index contributed by atoms with van der Waals surface area (Å²) in [5.74, 6) is -0.990. The molecule has 0 atom stereocenters. The molecule has 1 aromatic carbocycles. The van der Waals surface area contributed by atoms with Crippen molar-refractivity contribution < 1.29 is 23.0 Å². The Morgan fingerprint density at radius 2 is 2.07 bits per heavy atom. The number of alkyl halides is 2. The Morgan fingerprint density at radius 3 is 2.50 bits per heavy atom. The van der Waals surface area contributed by atoms with Gasteiger partial charge in [0.15, 0.2) is 0 Å². The molecule has 0 aliphatic carbocycles. The molecule has 78 valence electrons. The monoisotopic (exact) mass is 206 g/mol. The molecule has 1 rings (SSSR count). The van der Waals surface area contributed by atoms with Crippen molar-refractivity contribution in [2.75, 3.05) is 0 Å². The van der Waals surface area contributed by atoms with E-state index in [1.54, 1.807) is 0 Å². The van der Waals surface area contributed by atoms with Gasteiger partial charge in [0.05, 0.1) is 6.61 Å². The predicted molar refractivity (Wildman–Crippen MR) is 43.7 cm³/mol. The Balaban J connectivity index is 3.01. The Bertz CT molecular complexity index is 303. The highest BCUT2D eigenvalue weighted by atomic mass is 19.3. The number of aryl methyl sites for hydroxylation is 1. The molecule has 2 nitrogen and oxygen atoms in total. The fourth-order valence-electron chi connectivity index (χ4n) is 1.11. The average molecular weight is 206 g/mol. The maximum absolute atomic E-state index is 13.1. The van der Waals surface area contributed by atoms with Gasteiger partial charge in [0.2, 0.25) is 0 Å². The topological polar surface area (TPSA) is 29.5 Å². The van der Waals surface area contributed by atoms with E-state index in [1.165, 1.54) is 13.0 Å². The van der Waals surface area contributed by atoms with Gasteiger partial charge in [0, 0.05) is 11.6 Å². The third kappa shape index (κ3) is 2.38. The molecule has 0 heterocycles. The molecule has 0 aliphatic rings. The van der Waals surface area contributed by atoms with Crippen molar-refractivity contribution in [2.24, 2.45) is 0 Å². The third-order valence-corrected chi connectivity index (χ3v) is 1.78. The van der Waals surface area contributed by atoms with Crippen molar-refractivity contribution in [3.63, 3.8) is 0 Å². The largest absolute Gasteiger partial charge is 0.435 e. The van der Waals surface area contributed by atoms with Gasteiger partial charge in [-0.15, -0.1) is 0 Å². The summed E-state index contributed by atoms with van der Waals surface area (Å²) in [5, 5.41) is 8.74. The van der Waals surface area contributed by atoms with Crippen molar-refractivity contribution in [2.45, 2.75) is 20.1 Å². The number of hydrogen-bond acceptors (Lipinski definition) is 2. The minimum Gasteiger partial charge on any atom is -0.435 e. The lowest BCUT2D eigenvalue weighted by Crippen LogP contribution is -2.04. The van der Waals surface area contributed by atoms with E-state index < -0.39 is 19.0 Å². The van der Waals surface area contributed by atoms with Crippen LogP contribution < -0.4 is 4.74 Å². The van der Waals surface area contributed by atoms with Gasteiger partial charge in [-0.1, -0.05) is 0 Å². The molecule has 0 aliphatic heterocycles. The van der Waals surface area contributed by atoms with Crippen LogP contribution in [0.25, 0.3) is 0 Å². The van der Waals surface area contributed by atoms with Gasteiger partial charge >= 0.3 is 6.61 Å². The standard InChI is InChI=1S/C9H9F3O2/c1-5-2-6(14-9(11)12)3-8(10)7(5)4-13/h2-3,9,13H,4H2,1H3. The lowest BCUT2D eigenvalue weighted by atomic mass is 10.1. The second-order valence-corrected chi connectivity index (χ2v) is 2.74. The Kier molecular flexibility index (Phi) is 3.35. The van der Waals surface area contributed by atoms with Crippen LogP contribution in [0.2, 0.25) is 0 Å². The molecule has 0 aromatic heterocycles. The fourth-order valence-corrected chi connectivity index (χ4v) is 1.11. The molecule has 0 unspecified atom stereocenters. The van der Waals surface area contributed by atoms with E-state index in [4.69, 9.17) is 5.11 Å². The summed E-state index contributed by atoms with van der Waals surface area (Å²) in [4.78, 5) is 0. The number of ether oxygens (including phenoxy) is 1. The zero-order valence-corrected chi connectivity index (χ0v) is 7.43. The summed E-state index contributed by atoms with van der Waals surface area (Å²) in [7, 11) is 0. The lowest BCUT2D eigenvalue weighted by molar-refractivity contribution is -0.0500. The van der Waals surface area contributed by atoms with Crippen LogP contribution in [0.4, 0.5) is 13.2 Å². The van der Waals surface area contributed by atoms with Gasteiger partial charge in [0.25, 0.3) is 0 Å². The molecule has 5 heteroatoms. The summed E-state index contributed by atoms with van der Waals surface area (Å²) < 4.78 is 40.6. The van der Waals surface area contributed by atoms with Crippen LogP contribution in [0.3, 0.4) is 0 Å². The molecule has 0 amide bonds. The van der Waals surface area contributed by atoms with Gasteiger partial charge < -0.3 is 9.84 Å². The van der Waals surface area contributed by atoms with Crippen LogP contribution >= 0.6 is 0 Å². The van der Waals surface area contributed by atoms with Crippen LogP contribution in [0, 0.1) is 12.7 Å². The maximum atomic E-state index is 13.1. The van der Waals surface area contributed by atoms with Crippen LogP contribution in [0.1, 0.15) is 11.1 Å². The lowest BCUT2D eigenvalue weighted by Gasteiger charge is -2.08. The number of benzene rings is 1. The van der Waals surface area contributed by atoms with E-state index in [1.807, 2.05) is 0 Å². The average Bonchev–Trinajstić information content (AvgIpc) is 2.01. The van der Waals surface area contributed by atoms with Gasteiger partial charge in [-0.3, -0.25) is 0 Å². The first-order valence-electron chi connectivity index (χ1n) is 3.89. The number of rotatable bonds is 3. The Labute approximate surface area is 78.9 Å². The van der Waals surface area contributed by atoms with Crippen LogP contribution in [0.15, 0.2) is 12.1 Å². The van der Waals surface area contributed by atoms with Crippen molar-refractivity contribution in [1.82, 2.24) is 0 Å². The minimum atomic E-state index is -2.98. The Morgan fingerprint density at radius 1 is 1.43 bits per heavy atom. The number of hydrogen-bond donors (Lipinski definition) is 1. The van der Waals surface area contributed by atoms with Gasteiger partial charge in [-0.25, -0.2) is 4.39 Å². The second-order valence-electron chi connectivity index (χ2n) is 2.74. The molecule has 0 saturated heterocycles. The zero-order chi connectivity index (χ0) is 10.7. The maximum Gasteiger partial charge on any atom is 0.387 e. The molecule has 0 saturated carbocycles. The van der Waals surface area contributed by atoms with Crippen molar-refractivity contribution in [1.29, 1.82) is 0 Å². The van der Waals surface area contributed by atoms with Crippen molar-refractivity contribution >= 4 is 0 Å². The first kappa shape index (κ1) is 10.8. The Hall–Kier alpha value is -1.23. The van der Waals surface area contributed by atoms with Gasteiger partial charge in [0.1, 0.15) is 11.6 Å². The molecular weight excluding hydrogens is 197 g/mol. The van der Waals surface area contributed by atoms with E-state index in [0.717, 1.165) is 6.07 Å². The zero-order valence-electron chi connectivity index (χ0n) is 7.43. The number of halogens is 3. The quantitative estimate of drug-likeness (QED) is 0.821. The summed E-state index contributed by atoms with van der Waals surface area (Å²) in [6, 6.07) is 2.07. The van der Waals surface area contributed by atoms with Gasteiger partial charge in [-0.05, 0) is 18.6 Å². The summed E-state index contributed by atoms with van der Waals surface area (Å²) in [6.07, 6.45) is 0. The normalized spacial score (nSPS) is 10.7. The van der Waals surface area contributed by atoms with Crippen LogP contribution in [-0.4, -0.2) is 11.7 Å². The molecule has 0 bridgehead atoms.